The first-order chi connectivity index (χ1) is 8.29. The van der Waals surface area contributed by atoms with E-state index >= 15 is 0 Å². The minimum atomic E-state index is -3.51. The highest BCUT2D eigenvalue weighted by Crippen LogP contribution is 2.40. The van der Waals surface area contributed by atoms with E-state index in [1.807, 2.05) is 0 Å². The molecule has 4 nitrogen and oxygen atoms in total. The number of carbonyl (C=O) groups is 1. The van der Waals surface area contributed by atoms with E-state index in [1.54, 1.807) is 6.07 Å². The molecule has 0 heterocycles. The van der Waals surface area contributed by atoms with E-state index in [-0.39, 0.29) is 11.3 Å². The molecule has 1 aromatic rings. The highest BCUT2D eigenvalue weighted by molar-refractivity contribution is 5.84. The van der Waals surface area contributed by atoms with Gasteiger partial charge in [-0.25, -0.2) is 13.6 Å². The zero-order valence-corrected chi connectivity index (χ0v) is 10.4. The Balaban J connectivity index is 3.50. The molecule has 1 aromatic carbocycles. The van der Waals surface area contributed by atoms with Crippen molar-refractivity contribution in [2.75, 3.05) is 14.2 Å². The summed E-state index contributed by atoms with van der Waals surface area (Å²) in [5, 5.41) is 0. The van der Waals surface area contributed by atoms with Crippen LogP contribution in [0.25, 0.3) is 0 Å². The fraction of sp³-hybridized carbons (Fsp3) is 0.417. The minimum absolute atomic E-state index is 0.104. The van der Waals surface area contributed by atoms with Crippen molar-refractivity contribution in [3.8, 4) is 5.75 Å². The summed E-state index contributed by atoms with van der Waals surface area (Å²) in [6.07, 6.45) is 0. The third kappa shape index (κ3) is 2.15. The summed E-state index contributed by atoms with van der Waals surface area (Å²) in [5.74, 6) is -4.62. The van der Waals surface area contributed by atoms with Gasteiger partial charge in [0.05, 0.1) is 14.2 Å². The van der Waals surface area contributed by atoms with Crippen molar-refractivity contribution in [1.82, 2.24) is 0 Å². The number of carbonyl (C=O) groups excluding carboxylic acids is 1. The molecule has 0 amide bonds. The van der Waals surface area contributed by atoms with E-state index in [0.717, 1.165) is 7.11 Å². The van der Waals surface area contributed by atoms with Crippen LogP contribution < -0.4 is 10.5 Å². The van der Waals surface area contributed by atoms with Crippen molar-refractivity contribution >= 4 is 5.97 Å². The summed E-state index contributed by atoms with van der Waals surface area (Å²) < 4.78 is 36.8. The normalized spacial score (nSPS) is 14.8. The Morgan fingerprint density at radius 3 is 2.28 bits per heavy atom. The number of hydrogen-bond donors (Lipinski definition) is 1. The minimum Gasteiger partial charge on any atom is -0.496 e. The third-order valence-electron chi connectivity index (χ3n) is 2.73. The van der Waals surface area contributed by atoms with E-state index < -0.39 is 17.4 Å². The van der Waals surface area contributed by atoms with E-state index in [1.165, 1.54) is 25.3 Å². The number of halogens is 2. The van der Waals surface area contributed by atoms with Crippen molar-refractivity contribution in [3.63, 3.8) is 0 Å². The summed E-state index contributed by atoms with van der Waals surface area (Å²) in [6, 6.07) is 5.85. The smallest absolute Gasteiger partial charge is 0.337 e. The van der Waals surface area contributed by atoms with Gasteiger partial charge in [0, 0.05) is 12.5 Å². The predicted molar refractivity (Wildman–Crippen MR) is 61.5 cm³/mol. The maximum absolute atomic E-state index is 13.7. The van der Waals surface area contributed by atoms with E-state index in [9.17, 15) is 13.6 Å². The topological polar surface area (TPSA) is 61.5 Å². The van der Waals surface area contributed by atoms with Crippen molar-refractivity contribution in [1.29, 1.82) is 0 Å². The standard InChI is InChI=1S/C12H15F2NO3/c1-11(13,14)12(15,10(16)18-3)8-6-4-5-7-9(8)17-2/h4-7H,15H2,1-3H3. The third-order valence-corrected chi connectivity index (χ3v) is 2.73. The number of hydrogen-bond acceptors (Lipinski definition) is 4. The monoisotopic (exact) mass is 259 g/mol. The number of para-hydroxylation sites is 1. The molecular weight excluding hydrogens is 244 g/mol. The van der Waals surface area contributed by atoms with Gasteiger partial charge in [0.2, 0.25) is 5.54 Å². The summed E-state index contributed by atoms with van der Waals surface area (Å²) in [6.45, 7) is 0.566. The molecule has 0 aromatic heterocycles. The van der Waals surface area contributed by atoms with Crippen LogP contribution in [0.2, 0.25) is 0 Å². The molecule has 1 rings (SSSR count). The van der Waals surface area contributed by atoms with Gasteiger partial charge in [-0.05, 0) is 6.07 Å². The molecule has 18 heavy (non-hydrogen) atoms. The Morgan fingerprint density at radius 2 is 1.83 bits per heavy atom. The molecule has 0 spiro atoms. The van der Waals surface area contributed by atoms with Crippen LogP contribution in [0.15, 0.2) is 24.3 Å². The van der Waals surface area contributed by atoms with Gasteiger partial charge in [-0.15, -0.1) is 0 Å². The summed E-state index contributed by atoms with van der Waals surface area (Å²) in [5.41, 5.74) is 2.91. The average Bonchev–Trinajstić information content (AvgIpc) is 2.35. The number of ether oxygens (including phenoxy) is 2. The van der Waals surface area contributed by atoms with Crippen LogP contribution in [0.1, 0.15) is 12.5 Å². The number of benzene rings is 1. The Kier molecular flexibility index (Phi) is 3.91. The van der Waals surface area contributed by atoms with Gasteiger partial charge in [0.25, 0.3) is 5.92 Å². The summed E-state index contributed by atoms with van der Waals surface area (Å²) >= 11 is 0. The van der Waals surface area contributed by atoms with Gasteiger partial charge in [0.15, 0.2) is 0 Å². The number of nitrogens with two attached hydrogens (primary N) is 1. The Hall–Kier alpha value is -1.69. The molecular formula is C12H15F2NO3. The largest absolute Gasteiger partial charge is 0.496 e. The zero-order chi connectivity index (χ0) is 14.0. The van der Waals surface area contributed by atoms with Crippen LogP contribution in [-0.4, -0.2) is 26.1 Å². The molecule has 1 atom stereocenters. The molecule has 0 fully saturated rings. The Bertz CT molecular complexity index is 445. The molecule has 6 heteroatoms. The van der Waals surface area contributed by atoms with Crippen LogP contribution >= 0.6 is 0 Å². The van der Waals surface area contributed by atoms with E-state index in [4.69, 9.17) is 10.5 Å². The van der Waals surface area contributed by atoms with Crippen LogP contribution in [0.3, 0.4) is 0 Å². The average molecular weight is 259 g/mol. The first kappa shape index (κ1) is 14.4. The van der Waals surface area contributed by atoms with Gasteiger partial charge in [-0.1, -0.05) is 18.2 Å². The maximum Gasteiger partial charge on any atom is 0.337 e. The number of methoxy groups -OCH3 is 2. The van der Waals surface area contributed by atoms with Gasteiger partial charge < -0.3 is 15.2 Å². The molecule has 0 bridgehead atoms. The van der Waals surface area contributed by atoms with Crippen LogP contribution in [0.5, 0.6) is 5.75 Å². The molecule has 1 unspecified atom stereocenters. The SMILES string of the molecule is COC(=O)C(N)(c1ccccc1OC)C(C)(F)F. The fourth-order valence-corrected chi connectivity index (χ4v) is 1.66. The first-order valence-corrected chi connectivity index (χ1v) is 5.17. The molecule has 0 saturated heterocycles. The lowest BCUT2D eigenvalue weighted by Gasteiger charge is -2.33. The number of rotatable bonds is 4. The second-order valence-corrected chi connectivity index (χ2v) is 3.89. The molecule has 100 valence electrons. The highest BCUT2D eigenvalue weighted by Gasteiger charge is 2.56. The summed E-state index contributed by atoms with van der Waals surface area (Å²) in [7, 11) is 2.31. The molecule has 0 aliphatic carbocycles. The molecule has 0 saturated carbocycles. The second-order valence-electron chi connectivity index (χ2n) is 3.89. The highest BCUT2D eigenvalue weighted by atomic mass is 19.3. The Labute approximate surface area is 104 Å². The van der Waals surface area contributed by atoms with Crippen molar-refractivity contribution < 1.29 is 23.0 Å². The van der Waals surface area contributed by atoms with Gasteiger partial charge in [-0.2, -0.15) is 0 Å². The molecule has 0 aliphatic heterocycles. The van der Waals surface area contributed by atoms with Gasteiger partial charge in [-0.3, -0.25) is 0 Å². The lowest BCUT2D eigenvalue weighted by atomic mass is 9.84. The number of esters is 1. The van der Waals surface area contributed by atoms with Crippen LogP contribution in [-0.2, 0) is 15.1 Å². The Morgan fingerprint density at radius 1 is 1.28 bits per heavy atom. The fourth-order valence-electron chi connectivity index (χ4n) is 1.66. The quantitative estimate of drug-likeness (QED) is 0.836. The lowest BCUT2D eigenvalue weighted by Crippen LogP contribution is -2.57. The maximum atomic E-state index is 13.7. The van der Waals surface area contributed by atoms with Gasteiger partial charge in [0.1, 0.15) is 5.75 Å². The van der Waals surface area contributed by atoms with Crippen LogP contribution in [0.4, 0.5) is 8.78 Å². The van der Waals surface area contributed by atoms with Crippen LogP contribution in [0, 0.1) is 0 Å². The van der Waals surface area contributed by atoms with E-state index in [0.29, 0.717) is 6.92 Å². The molecule has 0 aliphatic rings. The molecule has 2 N–H and O–H groups in total. The second kappa shape index (κ2) is 4.89. The predicted octanol–water partition coefficient (Wildman–Crippen LogP) is 1.68. The zero-order valence-electron chi connectivity index (χ0n) is 10.4. The number of alkyl halides is 2. The summed E-state index contributed by atoms with van der Waals surface area (Å²) in [4.78, 5) is 11.7. The molecule has 0 radical (unpaired) electrons. The first-order valence-electron chi connectivity index (χ1n) is 5.17. The van der Waals surface area contributed by atoms with Crippen molar-refractivity contribution in [2.45, 2.75) is 18.4 Å². The van der Waals surface area contributed by atoms with Crippen molar-refractivity contribution in [3.05, 3.63) is 29.8 Å². The lowest BCUT2D eigenvalue weighted by molar-refractivity contribution is -0.164. The van der Waals surface area contributed by atoms with E-state index in [2.05, 4.69) is 4.74 Å². The van der Waals surface area contributed by atoms with Crippen molar-refractivity contribution in [2.24, 2.45) is 5.73 Å². The van der Waals surface area contributed by atoms with Gasteiger partial charge >= 0.3 is 5.97 Å².